The molecule has 4 nitrogen and oxygen atoms in total. The predicted octanol–water partition coefficient (Wildman–Crippen LogP) is 3.08. The van der Waals surface area contributed by atoms with Gasteiger partial charge in [-0.1, -0.05) is 12.1 Å². The average Bonchev–Trinajstić information content (AvgIpc) is 2.81. The molecule has 0 radical (unpaired) electrons. The van der Waals surface area contributed by atoms with Crippen LogP contribution in [0, 0.1) is 10.1 Å². The van der Waals surface area contributed by atoms with Gasteiger partial charge in [-0.3, -0.25) is 14.9 Å². The van der Waals surface area contributed by atoms with Crippen molar-refractivity contribution in [2.75, 3.05) is 0 Å². The highest BCUT2D eigenvalue weighted by Gasteiger charge is 2.19. The Balaban J connectivity index is 2.28. The molecule has 0 saturated heterocycles. The van der Waals surface area contributed by atoms with E-state index in [-0.39, 0.29) is 23.5 Å². The minimum atomic E-state index is -0.527. The first-order valence-electron chi connectivity index (χ1n) is 4.96. The van der Waals surface area contributed by atoms with Gasteiger partial charge in [-0.05, 0) is 28.5 Å². The fourth-order valence-electron chi connectivity index (χ4n) is 1.54. The number of nitro groups is 1. The Labute approximate surface area is 102 Å². The lowest BCUT2D eigenvalue weighted by Gasteiger charge is -2.00. The number of rotatable bonds is 4. The summed E-state index contributed by atoms with van der Waals surface area (Å²) < 4.78 is 0. The van der Waals surface area contributed by atoms with Crippen molar-refractivity contribution in [3.63, 3.8) is 0 Å². The third kappa shape index (κ3) is 2.57. The molecule has 0 N–H and O–H groups in total. The Morgan fingerprint density at radius 1 is 1.29 bits per heavy atom. The third-order valence-electron chi connectivity index (χ3n) is 2.35. The summed E-state index contributed by atoms with van der Waals surface area (Å²) in [5.74, 6) is -0.226. The van der Waals surface area contributed by atoms with Crippen molar-refractivity contribution < 1.29 is 9.72 Å². The van der Waals surface area contributed by atoms with Crippen molar-refractivity contribution in [3.05, 3.63) is 62.3 Å². The highest BCUT2D eigenvalue weighted by Crippen LogP contribution is 2.20. The van der Waals surface area contributed by atoms with E-state index in [1.54, 1.807) is 12.1 Å². The van der Waals surface area contributed by atoms with Gasteiger partial charge in [-0.2, -0.15) is 11.3 Å². The summed E-state index contributed by atoms with van der Waals surface area (Å²) in [6, 6.07) is 7.87. The lowest BCUT2D eigenvalue weighted by molar-refractivity contribution is -0.385. The van der Waals surface area contributed by atoms with E-state index in [1.807, 2.05) is 16.8 Å². The van der Waals surface area contributed by atoms with Crippen molar-refractivity contribution in [3.8, 4) is 0 Å². The van der Waals surface area contributed by atoms with E-state index in [0.717, 1.165) is 5.56 Å². The second-order valence-electron chi connectivity index (χ2n) is 3.51. The van der Waals surface area contributed by atoms with Crippen LogP contribution in [-0.4, -0.2) is 10.7 Å². The number of hydrogen-bond acceptors (Lipinski definition) is 4. The molecule has 0 amide bonds. The number of thiophene rings is 1. The average molecular weight is 247 g/mol. The molecule has 0 aliphatic rings. The smallest absolute Gasteiger partial charge is 0.280 e. The first kappa shape index (κ1) is 11.5. The fraction of sp³-hybridized carbons (Fsp3) is 0.0833. The van der Waals surface area contributed by atoms with Crippen molar-refractivity contribution in [2.45, 2.75) is 6.42 Å². The molecule has 0 aliphatic heterocycles. The van der Waals surface area contributed by atoms with Gasteiger partial charge in [-0.15, -0.1) is 0 Å². The molecule has 0 atom stereocenters. The molecule has 17 heavy (non-hydrogen) atoms. The lowest BCUT2D eigenvalue weighted by atomic mass is 10.0. The summed E-state index contributed by atoms with van der Waals surface area (Å²) in [4.78, 5) is 22.2. The first-order valence-corrected chi connectivity index (χ1v) is 5.90. The topological polar surface area (TPSA) is 60.2 Å². The van der Waals surface area contributed by atoms with Gasteiger partial charge in [0.1, 0.15) is 0 Å². The normalized spacial score (nSPS) is 10.1. The van der Waals surface area contributed by atoms with Crippen molar-refractivity contribution in [1.82, 2.24) is 0 Å². The summed E-state index contributed by atoms with van der Waals surface area (Å²) in [6.07, 6.45) is 0.203. The fourth-order valence-corrected chi connectivity index (χ4v) is 2.21. The Morgan fingerprint density at radius 2 is 2.06 bits per heavy atom. The van der Waals surface area contributed by atoms with Crippen LogP contribution in [0.1, 0.15) is 15.9 Å². The van der Waals surface area contributed by atoms with Gasteiger partial charge in [0.2, 0.25) is 0 Å². The van der Waals surface area contributed by atoms with Crippen LogP contribution in [-0.2, 0) is 6.42 Å². The zero-order valence-corrected chi connectivity index (χ0v) is 9.65. The second-order valence-corrected chi connectivity index (χ2v) is 4.29. The number of nitrogens with zero attached hydrogens (tertiary/aromatic N) is 1. The standard InChI is InChI=1S/C12H9NO3S/c14-12(7-9-5-6-17-8-9)10-3-1-2-4-11(10)13(15)16/h1-6,8H,7H2. The lowest BCUT2D eigenvalue weighted by Crippen LogP contribution is -2.06. The molecule has 2 rings (SSSR count). The number of nitro benzene ring substituents is 1. The van der Waals surface area contributed by atoms with Crippen molar-refractivity contribution in [2.24, 2.45) is 0 Å². The summed E-state index contributed by atoms with van der Waals surface area (Å²) in [5.41, 5.74) is 0.926. The van der Waals surface area contributed by atoms with E-state index in [4.69, 9.17) is 0 Å². The number of carbonyl (C=O) groups is 1. The van der Waals surface area contributed by atoms with E-state index in [2.05, 4.69) is 0 Å². The number of carbonyl (C=O) groups excluding carboxylic acids is 1. The van der Waals surface area contributed by atoms with Crippen LogP contribution in [0.5, 0.6) is 0 Å². The number of ketones is 1. The molecule has 1 aromatic carbocycles. The van der Waals surface area contributed by atoms with Crippen LogP contribution in [0.2, 0.25) is 0 Å². The van der Waals surface area contributed by atoms with Gasteiger partial charge in [0, 0.05) is 12.5 Å². The van der Waals surface area contributed by atoms with E-state index in [1.165, 1.54) is 23.5 Å². The van der Waals surface area contributed by atoms with E-state index >= 15 is 0 Å². The van der Waals surface area contributed by atoms with E-state index in [9.17, 15) is 14.9 Å². The van der Waals surface area contributed by atoms with E-state index < -0.39 is 4.92 Å². The van der Waals surface area contributed by atoms with Crippen LogP contribution in [0.4, 0.5) is 5.69 Å². The zero-order valence-electron chi connectivity index (χ0n) is 8.83. The quantitative estimate of drug-likeness (QED) is 0.474. The molecule has 1 aromatic heterocycles. The maximum Gasteiger partial charge on any atom is 0.280 e. The molecule has 2 aromatic rings. The molecule has 0 aliphatic carbocycles. The highest BCUT2D eigenvalue weighted by molar-refractivity contribution is 7.08. The second kappa shape index (κ2) is 4.88. The number of benzene rings is 1. The molecule has 0 fully saturated rings. The van der Waals surface area contributed by atoms with Gasteiger partial charge in [0.15, 0.2) is 5.78 Å². The van der Waals surface area contributed by atoms with Gasteiger partial charge in [-0.25, -0.2) is 0 Å². The minimum Gasteiger partial charge on any atom is -0.294 e. The maximum atomic E-state index is 11.9. The van der Waals surface area contributed by atoms with Gasteiger partial charge in [0.25, 0.3) is 5.69 Å². The van der Waals surface area contributed by atoms with Crippen molar-refractivity contribution in [1.29, 1.82) is 0 Å². The zero-order chi connectivity index (χ0) is 12.3. The maximum absolute atomic E-state index is 11.9. The molecule has 0 unspecified atom stereocenters. The van der Waals surface area contributed by atoms with Crippen LogP contribution in [0.25, 0.3) is 0 Å². The van der Waals surface area contributed by atoms with Gasteiger partial charge < -0.3 is 0 Å². The summed E-state index contributed by atoms with van der Waals surface area (Å²) in [6.45, 7) is 0. The Bertz CT molecular complexity index is 549. The number of Topliss-reactive ketones (excluding diaryl/α,β-unsaturated/α-hetero) is 1. The molecular formula is C12H9NO3S. The monoisotopic (exact) mass is 247 g/mol. The number of hydrogen-bond donors (Lipinski definition) is 0. The van der Waals surface area contributed by atoms with Crippen molar-refractivity contribution >= 4 is 22.8 Å². The van der Waals surface area contributed by atoms with Gasteiger partial charge >= 0.3 is 0 Å². The Morgan fingerprint density at radius 3 is 2.71 bits per heavy atom. The molecule has 0 saturated carbocycles. The summed E-state index contributed by atoms with van der Waals surface area (Å²) >= 11 is 1.50. The third-order valence-corrected chi connectivity index (χ3v) is 3.08. The Hall–Kier alpha value is -2.01. The molecule has 5 heteroatoms. The predicted molar refractivity (Wildman–Crippen MR) is 65.4 cm³/mol. The molecule has 1 heterocycles. The Kier molecular flexibility index (Phi) is 3.30. The SMILES string of the molecule is O=C(Cc1ccsc1)c1ccccc1[N+](=O)[O-]. The van der Waals surface area contributed by atoms with Crippen LogP contribution >= 0.6 is 11.3 Å². The summed E-state index contributed by atoms with van der Waals surface area (Å²) in [5, 5.41) is 14.5. The largest absolute Gasteiger partial charge is 0.294 e. The summed E-state index contributed by atoms with van der Waals surface area (Å²) in [7, 11) is 0. The molecule has 0 bridgehead atoms. The van der Waals surface area contributed by atoms with Gasteiger partial charge in [0.05, 0.1) is 10.5 Å². The van der Waals surface area contributed by atoms with Crippen LogP contribution in [0.15, 0.2) is 41.1 Å². The van der Waals surface area contributed by atoms with E-state index in [0.29, 0.717) is 0 Å². The van der Waals surface area contributed by atoms with Crippen LogP contribution < -0.4 is 0 Å². The van der Waals surface area contributed by atoms with Crippen LogP contribution in [0.3, 0.4) is 0 Å². The number of para-hydroxylation sites is 1. The first-order chi connectivity index (χ1) is 8.18. The molecule has 86 valence electrons. The molecular weight excluding hydrogens is 238 g/mol. The molecule has 0 spiro atoms. The minimum absolute atomic E-state index is 0.132. The highest BCUT2D eigenvalue weighted by atomic mass is 32.1.